The molecule has 1 atom stereocenters. The van der Waals surface area contributed by atoms with E-state index in [1.165, 1.54) is 23.4 Å². The predicted molar refractivity (Wildman–Crippen MR) is 119 cm³/mol. The number of fused-ring (bicyclic) bond motifs is 1. The molecule has 0 saturated heterocycles. The van der Waals surface area contributed by atoms with Crippen molar-refractivity contribution in [2.24, 2.45) is 0 Å². The number of benzene rings is 2. The second-order valence-electron chi connectivity index (χ2n) is 7.23. The molecule has 8 heteroatoms. The number of nitrogens with one attached hydrogen (secondary N) is 1. The van der Waals surface area contributed by atoms with E-state index in [0.29, 0.717) is 24.2 Å². The number of carbonyl (C=O) groups is 2. The highest BCUT2D eigenvalue weighted by Crippen LogP contribution is 2.23. The first-order valence-electron chi connectivity index (χ1n) is 10.1. The van der Waals surface area contributed by atoms with Crippen molar-refractivity contribution in [1.82, 2.24) is 9.29 Å². The van der Waals surface area contributed by atoms with Gasteiger partial charge >= 0.3 is 5.97 Å². The van der Waals surface area contributed by atoms with E-state index in [1.807, 2.05) is 24.3 Å². The summed E-state index contributed by atoms with van der Waals surface area (Å²) in [6.07, 6.45) is 0.564. The van der Waals surface area contributed by atoms with E-state index in [0.717, 1.165) is 10.9 Å². The summed E-state index contributed by atoms with van der Waals surface area (Å²) in [5.41, 5.74) is 1.86. The van der Waals surface area contributed by atoms with Crippen LogP contribution in [0.25, 0.3) is 10.9 Å². The number of ketones is 1. The van der Waals surface area contributed by atoms with Gasteiger partial charge in [-0.2, -0.15) is 4.31 Å². The molecular weight excluding hydrogens is 416 g/mol. The normalized spacial score (nSPS) is 12.8. The summed E-state index contributed by atoms with van der Waals surface area (Å²) in [4.78, 5) is 28.6. The van der Waals surface area contributed by atoms with Crippen LogP contribution in [0, 0.1) is 6.92 Å². The molecule has 0 aliphatic rings. The van der Waals surface area contributed by atoms with Crippen LogP contribution in [0.4, 0.5) is 0 Å². The van der Waals surface area contributed by atoms with Gasteiger partial charge in [0.25, 0.3) is 0 Å². The van der Waals surface area contributed by atoms with Crippen LogP contribution >= 0.6 is 0 Å². The van der Waals surface area contributed by atoms with Crippen molar-refractivity contribution in [2.75, 3.05) is 13.1 Å². The Morgan fingerprint density at radius 3 is 2.45 bits per heavy atom. The average Bonchev–Trinajstić information content (AvgIpc) is 3.18. The summed E-state index contributed by atoms with van der Waals surface area (Å²) in [6.45, 7) is 7.34. The van der Waals surface area contributed by atoms with Gasteiger partial charge in [-0.25, -0.2) is 13.2 Å². The maximum absolute atomic E-state index is 12.9. The van der Waals surface area contributed by atoms with Gasteiger partial charge in [-0.1, -0.05) is 38.1 Å². The highest BCUT2D eigenvalue weighted by Gasteiger charge is 2.27. The van der Waals surface area contributed by atoms with Crippen LogP contribution in [-0.4, -0.2) is 48.7 Å². The molecule has 7 nitrogen and oxygen atoms in total. The minimum atomic E-state index is -3.74. The third-order valence-corrected chi connectivity index (χ3v) is 7.45. The molecule has 0 radical (unpaired) electrons. The number of aromatic nitrogens is 1. The second-order valence-corrected chi connectivity index (χ2v) is 9.14. The van der Waals surface area contributed by atoms with Crippen molar-refractivity contribution < 1.29 is 22.7 Å². The molecule has 3 rings (SSSR count). The first-order valence-corrected chi connectivity index (χ1v) is 11.6. The maximum atomic E-state index is 12.9. The fraction of sp³-hybridized carbons (Fsp3) is 0.304. The van der Waals surface area contributed by atoms with E-state index < -0.39 is 22.1 Å². The molecule has 0 aliphatic carbocycles. The number of Topliss-reactive ketones (excluding diaryl/α,β-unsaturated/α-hetero) is 1. The number of aromatic amines is 1. The highest BCUT2D eigenvalue weighted by molar-refractivity contribution is 7.89. The highest BCUT2D eigenvalue weighted by atomic mass is 32.2. The number of esters is 1. The number of H-pyrrole nitrogens is 1. The Bertz CT molecular complexity index is 1230. The fourth-order valence-electron chi connectivity index (χ4n) is 3.48. The monoisotopic (exact) mass is 442 g/mol. The molecule has 0 amide bonds. The fourth-order valence-corrected chi connectivity index (χ4v) is 5.19. The number of sulfonamides is 1. The van der Waals surface area contributed by atoms with E-state index in [1.54, 1.807) is 33.0 Å². The van der Waals surface area contributed by atoms with E-state index in [9.17, 15) is 18.0 Å². The Hall–Kier alpha value is -2.97. The van der Waals surface area contributed by atoms with Crippen molar-refractivity contribution in [1.29, 1.82) is 0 Å². The molecule has 0 bridgehead atoms. The Morgan fingerprint density at radius 1 is 1.10 bits per heavy atom. The van der Waals surface area contributed by atoms with Gasteiger partial charge in [0.05, 0.1) is 10.5 Å². The molecule has 31 heavy (non-hydrogen) atoms. The number of aryl methyl sites for hydroxylation is 1. The summed E-state index contributed by atoms with van der Waals surface area (Å²) >= 11 is 0. The number of nitrogens with zero attached hydrogens (tertiary/aromatic N) is 1. The van der Waals surface area contributed by atoms with Gasteiger partial charge in [-0.05, 0) is 37.6 Å². The molecule has 2 aromatic carbocycles. The van der Waals surface area contributed by atoms with Crippen LogP contribution in [0.2, 0.25) is 0 Å². The van der Waals surface area contributed by atoms with Gasteiger partial charge in [0, 0.05) is 35.8 Å². The van der Waals surface area contributed by atoms with Crippen molar-refractivity contribution >= 4 is 32.7 Å². The molecule has 164 valence electrons. The van der Waals surface area contributed by atoms with Crippen molar-refractivity contribution in [3.63, 3.8) is 0 Å². The lowest BCUT2D eigenvalue weighted by Gasteiger charge is -2.20. The van der Waals surface area contributed by atoms with E-state index in [4.69, 9.17) is 4.74 Å². The van der Waals surface area contributed by atoms with Gasteiger partial charge in [0.15, 0.2) is 6.10 Å². The van der Waals surface area contributed by atoms with Crippen molar-refractivity contribution in [3.8, 4) is 0 Å². The SMILES string of the molecule is CCN(CC)S(=O)(=O)c1cc(C(=O)OC(C)C(=O)c2c[nH]c3ccccc23)ccc1C. The molecular formula is C23H26N2O5S. The third kappa shape index (κ3) is 4.40. The average molecular weight is 443 g/mol. The lowest BCUT2D eigenvalue weighted by molar-refractivity contribution is 0.0319. The zero-order valence-corrected chi connectivity index (χ0v) is 18.8. The molecule has 0 spiro atoms. The first kappa shape index (κ1) is 22.7. The van der Waals surface area contributed by atoms with Gasteiger partial charge in [-0.15, -0.1) is 0 Å². The van der Waals surface area contributed by atoms with Crippen molar-refractivity contribution in [2.45, 2.75) is 38.7 Å². The topological polar surface area (TPSA) is 96.5 Å². The maximum Gasteiger partial charge on any atom is 0.338 e. The number of carbonyl (C=O) groups excluding carboxylic acids is 2. The van der Waals surface area contributed by atoms with Crippen LogP contribution in [0.15, 0.2) is 53.6 Å². The van der Waals surface area contributed by atoms with Crippen LogP contribution in [0.1, 0.15) is 47.1 Å². The second kappa shape index (κ2) is 9.03. The number of ether oxygens (including phenoxy) is 1. The first-order chi connectivity index (χ1) is 14.7. The zero-order chi connectivity index (χ0) is 22.8. The minimum absolute atomic E-state index is 0.0567. The molecule has 1 aromatic heterocycles. The Balaban J connectivity index is 1.84. The summed E-state index contributed by atoms with van der Waals surface area (Å²) in [5.74, 6) is -1.09. The summed E-state index contributed by atoms with van der Waals surface area (Å²) in [7, 11) is -3.74. The quantitative estimate of drug-likeness (QED) is 0.421. The number of hydrogen-bond donors (Lipinski definition) is 1. The van der Waals surface area contributed by atoms with Crippen molar-refractivity contribution in [3.05, 3.63) is 65.4 Å². The number of para-hydroxylation sites is 1. The van der Waals surface area contributed by atoms with Crippen LogP contribution < -0.4 is 0 Å². The molecule has 1 heterocycles. The summed E-state index contributed by atoms with van der Waals surface area (Å²) in [6, 6.07) is 11.7. The zero-order valence-electron chi connectivity index (χ0n) is 18.0. The van der Waals surface area contributed by atoms with E-state index in [2.05, 4.69) is 4.98 Å². The standard InChI is InChI=1S/C23H26N2O5S/c1-5-25(6-2)31(28,29)21-13-17(12-11-15(21)3)23(27)30-16(4)22(26)19-14-24-20-10-8-7-9-18(19)20/h7-14,16,24H,5-6H2,1-4H3. The Kier molecular flexibility index (Phi) is 6.62. The van der Waals surface area contributed by atoms with Crippen LogP contribution in [0.5, 0.6) is 0 Å². The van der Waals surface area contributed by atoms with Crippen LogP contribution in [0.3, 0.4) is 0 Å². The predicted octanol–water partition coefficient (Wildman–Crippen LogP) is 3.94. The largest absolute Gasteiger partial charge is 0.451 e. The molecule has 0 aliphatic heterocycles. The third-order valence-electron chi connectivity index (χ3n) is 5.25. The number of rotatable bonds is 8. The molecule has 3 aromatic rings. The molecule has 0 fully saturated rings. The van der Waals surface area contributed by atoms with Gasteiger partial charge in [-0.3, -0.25) is 4.79 Å². The minimum Gasteiger partial charge on any atom is -0.451 e. The van der Waals surface area contributed by atoms with Gasteiger partial charge in [0.2, 0.25) is 15.8 Å². The van der Waals surface area contributed by atoms with Crippen LogP contribution in [-0.2, 0) is 14.8 Å². The molecule has 1 unspecified atom stereocenters. The smallest absolute Gasteiger partial charge is 0.338 e. The summed E-state index contributed by atoms with van der Waals surface area (Å²) in [5, 5.41) is 0.748. The van der Waals surface area contributed by atoms with E-state index in [-0.39, 0.29) is 16.2 Å². The number of hydrogen-bond acceptors (Lipinski definition) is 5. The Morgan fingerprint density at radius 2 is 1.77 bits per heavy atom. The van der Waals surface area contributed by atoms with E-state index >= 15 is 0 Å². The molecule has 1 N–H and O–H groups in total. The summed E-state index contributed by atoms with van der Waals surface area (Å²) < 4.78 is 32.5. The lowest BCUT2D eigenvalue weighted by atomic mass is 10.1. The molecule has 0 saturated carbocycles. The van der Waals surface area contributed by atoms with Gasteiger partial charge < -0.3 is 9.72 Å². The lowest BCUT2D eigenvalue weighted by Crippen LogP contribution is -2.31. The van der Waals surface area contributed by atoms with Gasteiger partial charge in [0.1, 0.15) is 0 Å². The Labute approximate surface area is 182 Å².